The van der Waals surface area contributed by atoms with Crippen LogP contribution in [0.2, 0.25) is 0 Å². The second-order valence-corrected chi connectivity index (χ2v) is 6.99. The predicted octanol–water partition coefficient (Wildman–Crippen LogP) is 4.26. The van der Waals surface area contributed by atoms with Crippen molar-refractivity contribution in [2.24, 2.45) is 0 Å². The molecule has 4 heteroatoms. The average Bonchev–Trinajstić information content (AvgIpc) is 2.59. The van der Waals surface area contributed by atoms with Crippen molar-refractivity contribution < 1.29 is 14.3 Å². The zero-order valence-electron chi connectivity index (χ0n) is 14.8. The fourth-order valence-corrected chi connectivity index (χ4v) is 3.14. The molecule has 0 saturated carbocycles. The molecule has 0 aromatic heterocycles. The van der Waals surface area contributed by atoms with Gasteiger partial charge < -0.3 is 14.8 Å². The van der Waals surface area contributed by atoms with Crippen LogP contribution < -0.4 is 14.8 Å². The van der Waals surface area contributed by atoms with Crippen molar-refractivity contribution in [1.29, 1.82) is 0 Å². The Morgan fingerprint density at radius 2 is 1.88 bits per heavy atom. The number of carbonyl (C=O) groups excluding carboxylic acids is 1. The average molecular weight is 339 g/mol. The van der Waals surface area contributed by atoms with Gasteiger partial charge in [-0.05, 0) is 38.5 Å². The van der Waals surface area contributed by atoms with Crippen molar-refractivity contribution in [3.8, 4) is 11.5 Å². The Bertz CT molecular complexity index is 712. The molecule has 1 unspecified atom stereocenters. The Labute approximate surface area is 149 Å². The van der Waals surface area contributed by atoms with Crippen LogP contribution in [-0.2, 0) is 4.79 Å². The molecule has 0 radical (unpaired) electrons. The maximum absolute atomic E-state index is 12.3. The molecule has 2 aromatic rings. The molecule has 0 aliphatic carbocycles. The summed E-state index contributed by atoms with van der Waals surface area (Å²) in [6.07, 6.45) is 1.90. The van der Waals surface area contributed by atoms with E-state index in [0.717, 1.165) is 23.5 Å². The Balaban J connectivity index is 1.51. The zero-order chi connectivity index (χ0) is 17.7. The fraction of sp³-hybridized carbons (Fsp3) is 0.381. The number of nitrogens with one attached hydrogen (secondary N) is 1. The highest BCUT2D eigenvalue weighted by molar-refractivity contribution is 5.76. The summed E-state index contributed by atoms with van der Waals surface area (Å²) in [5, 5.41) is 3.15. The highest BCUT2D eigenvalue weighted by atomic mass is 16.5. The highest BCUT2D eigenvalue weighted by Gasteiger charge is 2.34. The molecule has 0 fully saturated rings. The Hall–Kier alpha value is -2.49. The van der Waals surface area contributed by atoms with Crippen LogP contribution in [0, 0.1) is 0 Å². The fourth-order valence-electron chi connectivity index (χ4n) is 3.14. The molecule has 2 aromatic carbocycles. The van der Waals surface area contributed by atoms with Gasteiger partial charge in [-0.15, -0.1) is 0 Å². The Morgan fingerprint density at radius 3 is 2.68 bits per heavy atom. The molecular weight excluding hydrogens is 314 g/mol. The number of rotatable bonds is 6. The number of fused-ring (bicyclic) bond motifs is 1. The van der Waals surface area contributed by atoms with Gasteiger partial charge >= 0.3 is 0 Å². The topological polar surface area (TPSA) is 47.6 Å². The van der Waals surface area contributed by atoms with Crippen LogP contribution in [0.15, 0.2) is 54.6 Å². The number of hydrogen-bond acceptors (Lipinski definition) is 3. The van der Waals surface area contributed by atoms with Crippen LogP contribution >= 0.6 is 0 Å². The second kappa shape index (κ2) is 7.60. The van der Waals surface area contributed by atoms with E-state index >= 15 is 0 Å². The van der Waals surface area contributed by atoms with E-state index in [1.807, 2.05) is 54.6 Å². The van der Waals surface area contributed by atoms with Crippen molar-refractivity contribution in [3.05, 3.63) is 60.2 Å². The molecule has 132 valence electrons. The van der Waals surface area contributed by atoms with Crippen molar-refractivity contribution in [2.45, 2.75) is 44.8 Å². The first-order valence-corrected chi connectivity index (χ1v) is 8.79. The Kier molecular flexibility index (Phi) is 5.27. The number of amides is 1. The third kappa shape index (κ3) is 4.75. The third-order valence-corrected chi connectivity index (χ3v) is 4.27. The second-order valence-electron chi connectivity index (χ2n) is 6.99. The van der Waals surface area contributed by atoms with Gasteiger partial charge in [-0.2, -0.15) is 0 Å². The molecule has 1 aliphatic heterocycles. The van der Waals surface area contributed by atoms with E-state index in [4.69, 9.17) is 9.47 Å². The van der Waals surface area contributed by atoms with Crippen molar-refractivity contribution in [1.82, 2.24) is 5.32 Å². The normalized spacial score (nSPS) is 17.9. The maximum Gasteiger partial charge on any atom is 0.220 e. The smallest absolute Gasteiger partial charge is 0.220 e. The summed E-state index contributed by atoms with van der Waals surface area (Å²) < 4.78 is 11.6. The van der Waals surface area contributed by atoms with Crippen LogP contribution in [0.5, 0.6) is 11.5 Å². The number of benzene rings is 2. The van der Waals surface area contributed by atoms with Crippen molar-refractivity contribution >= 4 is 5.91 Å². The molecule has 0 bridgehead atoms. The van der Waals surface area contributed by atoms with Gasteiger partial charge in [0.2, 0.25) is 5.91 Å². The lowest BCUT2D eigenvalue weighted by Gasteiger charge is -2.37. The van der Waals surface area contributed by atoms with Gasteiger partial charge in [-0.1, -0.05) is 36.4 Å². The highest BCUT2D eigenvalue weighted by Crippen LogP contribution is 2.39. The molecule has 1 amide bonds. The first-order chi connectivity index (χ1) is 12.0. The van der Waals surface area contributed by atoms with Gasteiger partial charge in [0.15, 0.2) is 0 Å². The SMILES string of the molecule is CC1(C)CC(NC(=O)CCCOc2ccccc2)c2ccccc2O1. The first kappa shape index (κ1) is 17.3. The van der Waals surface area contributed by atoms with Crippen LogP contribution in [0.4, 0.5) is 0 Å². The van der Waals surface area contributed by atoms with Crippen LogP contribution in [-0.4, -0.2) is 18.1 Å². The van der Waals surface area contributed by atoms with E-state index in [2.05, 4.69) is 19.2 Å². The molecule has 25 heavy (non-hydrogen) atoms. The van der Waals surface area contributed by atoms with Crippen LogP contribution in [0.3, 0.4) is 0 Å². The summed E-state index contributed by atoms with van der Waals surface area (Å²) in [5.41, 5.74) is 0.763. The lowest BCUT2D eigenvalue weighted by Crippen LogP contribution is -2.41. The van der Waals surface area contributed by atoms with E-state index in [-0.39, 0.29) is 17.6 Å². The molecule has 1 aliphatic rings. The van der Waals surface area contributed by atoms with Gasteiger partial charge in [0.05, 0.1) is 12.6 Å². The maximum atomic E-state index is 12.3. The zero-order valence-corrected chi connectivity index (χ0v) is 14.8. The summed E-state index contributed by atoms with van der Waals surface area (Å²) in [4.78, 5) is 12.3. The summed E-state index contributed by atoms with van der Waals surface area (Å²) in [6.45, 7) is 4.64. The molecule has 1 atom stereocenters. The molecule has 3 rings (SSSR count). The third-order valence-electron chi connectivity index (χ3n) is 4.27. The number of ether oxygens (including phenoxy) is 2. The van der Waals surface area contributed by atoms with E-state index in [1.165, 1.54) is 0 Å². The lowest BCUT2D eigenvalue weighted by atomic mass is 9.89. The summed E-state index contributed by atoms with van der Waals surface area (Å²) >= 11 is 0. The molecule has 0 spiro atoms. The van der Waals surface area contributed by atoms with E-state index in [1.54, 1.807) is 0 Å². The van der Waals surface area contributed by atoms with Gasteiger partial charge in [0.25, 0.3) is 0 Å². The number of para-hydroxylation sites is 2. The predicted molar refractivity (Wildman–Crippen MR) is 97.8 cm³/mol. The molecular formula is C21H25NO3. The standard InChI is InChI=1S/C21H25NO3/c1-21(2)15-18(17-11-6-7-12-19(17)25-21)22-20(23)13-8-14-24-16-9-4-3-5-10-16/h3-7,9-12,18H,8,13-15H2,1-2H3,(H,22,23). The first-order valence-electron chi connectivity index (χ1n) is 8.79. The quantitative estimate of drug-likeness (QED) is 0.800. The van der Waals surface area contributed by atoms with E-state index < -0.39 is 0 Å². The summed E-state index contributed by atoms with van der Waals surface area (Å²) in [7, 11) is 0. The van der Waals surface area contributed by atoms with Crippen LogP contribution in [0.25, 0.3) is 0 Å². The molecule has 1 heterocycles. The minimum Gasteiger partial charge on any atom is -0.494 e. The number of carbonyl (C=O) groups is 1. The van der Waals surface area contributed by atoms with Crippen molar-refractivity contribution in [2.75, 3.05) is 6.61 Å². The van der Waals surface area contributed by atoms with Crippen LogP contribution in [0.1, 0.15) is 44.7 Å². The van der Waals surface area contributed by atoms with Crippen molar-refractivity contribution in [3.63, 3.8) is 0 Å². The van der Waals surface area contributed by atoms with E-state index in [0.29, 0.717) is 19.4 Å². The van der Waals surface area contributed by atoms with Gasteiger partial charge in [-0.25, -0.2) is 0 Å². The molecule has 0 saturated heterocycles. The Morgan fingerprint density at radius 1 is 1.16 bits per heavy atom. The van der Waals surface area contributed by atoms with Gasteiger partial charge in [0.1, 0.15) is 17.1 Å². The lowest BCUT2D eigenvalue weighted by molar-refractivity contribution is -0.122. The largest absolute Gasteiger partial charge is 0.494 e. The van der Waals surface area contributed by atoms with E-state index in [9.17, 15) is 4.79 Å². The molecule has 1 N–H and O–H groups in total. The molecule has 4 nitrogen and oxygen atoms in total. The monoisotopic (exact) mass is 339 g/mol. The minimum absolute atomic E-state index is 0.0116. The van der Waals surface area contributed by atoms with Gasteiger partial charge in [0, 0.05) is 18.4 Å². The number of hydrogen-bond donors (Lipinski definition) is 1. The summed E-state index contributed by atoms with van der Waals surface area (Å²) in [6, 6.07) is 17.6. The summed E-state index contributed by atoms with van der Waals surface area (Å²) in [5.74, 6) is 1.74. The minimum atomic E-state index is -0.289. The van der Waals surface area contributed by atoms with Gasteiger partial charge in [-0.3, -0.25) is 4.79 Å².